The zero-order valence-electron chi connectivity index (χ0n) is 17.1. The lowest BCUT2D eigenvalue weighted by molar-refractivity contribution is -0.384. The number of benzene rings is 2. The molecule has 0 aliphatic carbocycles. The second-order valence-electron chi connectivity index (χ2n) is 7.63. The summed E-state index contributed by atoms with van der Waals surface area (Å²) in [6.07, 6.45) is 2.15. The van der Waals surface area contributed by atoms with Gasteiger partial charge >= 0.3 is 0 Å². The fraction of sp³-hybridized carbons (Fsp3) is 0.409. The Bertz CT molecular complexity index is 899. The number of nitro groups is 1. The van der Waals surface area contributed by atoms with Gasteiger partial charge in [0.15, 0.2) is 0 Å². The van der Waals surface area contributed by atoms with Gasteiger partial charge in [0.2, 0.25) is 0 Å². The first-order valence-corrected chi connectivity index (χ1v) is 9.81. The van der Waals surface area contributed by atoms with Gasteiger partial charge in [0.25, 0.3) is 11.6 Å². The van der Waals surface area contributed by atoms with E-state index in [1.54, 1.807) is 31.2 Å². The van der Waals surface area contributed by atoms with E-state index in [1.165, 1.54) is 6.07 Å². The molecule has 0 aromatic heterocycles. The standard InChI is InChI=1S/C22H27N3O4/c1-16-7-6-12-24(14-16)19-11-10-17(13-20(19)25(27)28)22(26)23(2)15-18-8-4-5-9-21(18)29-3/h4-5,8-11,13,16H,6-7,12,14-15H2,1-3H3/t16-/m1/s1. The molecule has 0 saturated carbocycles. The van der Waals surface area contributed by atoms with E-state index in [2.05, 4.69) is 11.8 Å². The molecule has 1 amide bonds. The van der Waals surface area contributed by atoms with Crippen molar-refractivity contribution in [2.75, 3.05) is 32.1 Å². The van der Waals surface area contributed by atoms with Gasteiger partial charge in [0, 0.05) is 43.9 Å². The SMILES string of the molecule is COc1ccccc1CN(C)C(=O)c1ccc(N2CCC[C@@H](C)C2)c([N+](=O)[O-])c1. The van der Waals surface area contributed by atoms with Gasteiger partial charge in [-0.3, -0.25) is 14.9 Å². The normalized spacial score (nSPS) is 16.4. The Morgan fingerprint density at radius 1 is 1.31 bits per heavy atom. The molecular formula is C22H27N3O4. The number of amides is 1. The highest BCUT2D eigenvalue weighted by atomic mass is 16.6. The van der Waals surface area contributed by atoms with Gasteiger partial charge in [0.1, 0.15) is 11.4 Å². The van der Waals surface area contributed by atoms with Crippen LogP contribution in [0.4, 0.5) is 11.4 Å². The minimum Gasteiger partial charge on any atom is -0.496 e. The van der Waals surface area contributed by atoms with Crippen molar-refractivity contribution in [3.8, 4) is 5.75 Å². The number of anilines is 1. The number of para-hydroxylation sites is 1. The number of nitrogens with zero attached hydrogens (tertiary/aromatic N) is 3. The highest BCUT2D eigenvalue weighted by Gasteiger charge is 2.26. The summed E-state index contributed by atoms with van der Waals surface area (Å²) < 4.78 is 5.34. The van der Waals surface area contributed by atoms with E-state index < -0.39 is 4.92 Å². The van der Waals surface area contributed by atoms with Crippen LogP contribution in [0.1, 0.15) is 35.7 Å². The van der Waals surface area contributed by atoms with E-state index in [4.69, 9.17) is 4.74 Å². The van der Waals surface area contributed by atoms with E-state index in [9.17, 15) is 14.9 Å². The fourth-order valence-corrected chi connectivity index (χ4v) is 3.86. The predicted octanol–water partition coefficient (Wildman–Crippen LogP) is 4.11. The van der Waals surface area contributed by atoms with E-state index in [0.29, 0.717) is 29.5 Å². The van der Waals surface area contributed by atoms with E-state index >= 15 is 0 Å². The van der Waals surface area contributed by atoms with Crippen molar-refractivity contribution >= 4 is 17.3 Å². The van der Waals surface area contributed by atoms with E-state index in [0.717, 1.165) is 31.5 Å². The lowest BCUT2D eigenvalue weighted by Gasteiger charge is -2.32. The monoisotopic (exact) mass is 397 g/mol. The van der Waals surface area contributed by atoms with Gasteiger partial charge in [-0.25, -0.2) is 0 Å². The average Bonchev–Trinajstić information content (AvgIpc) is 2.73. The number of methoxy groups -OCH3 is 1. The van der Waals surface area contributed by atoms with E-state index in [-0.39, 0.29) is 11.6 Å². The molecule has 0 radical (unpaired) electrons. The van der Waals surface area contributed by atoms with Crippen LogP contribution in [0.3, 0.4) is 0 Å². The van der Waals surface area contributed by atoms with Gasteiger partial charge in [-0.15, -0.1) is 0 Å². The lowest BCUT2D eigenvalue weighted by atomic mass is 9.99. The largest absolute Gasteiger partial charge is 0.496 e. The van der Waals surface area contributed by atoms with Crippen molar-refractivity contribution < 1.29 is 14.5 Å². The van der Waals surface area contributed by atoms with Crippen LogP contribution in [0.25, 0.3) is 0 Å². The molecule has 2 aromatic carbocycles. The number of nitro benzene ring substituents is 1. The summed E-state index contributed by atoms with van der Waals surface area (Å²) in [5, 5.41) is 11.7. The summed E-state index contributed by atoms with van der Waals surface area (Å²) in [6, 6.07) is 12.3. The quantitative estimate of drug-likeness (QED) is 0.542. The first kappa shape index (κ1) is 20.6. The second kappa shape index (κ2) is 8.94. The highest BCUT2D eigenvalue weighted by molar-refractivity contribution is 5.95. The maximum atomic E-state index is 12.9. The highest BCUT2D eigenvalue weighted by Crippen LogP contribution is 2.33. The number of carbonyl (C=O) groups excluding carboxylic acids is 1. The molecular weight excluding hydrogens is 370 g/mol. The Balaban J connectivity index is 1.83. The smallest absolute Gasteiger partial charge is 0.293 e. The summed E-state index contributed by atoms with van der Waals surface area (Å²) in [5.74, 6) is 0.932. The number of hydrogen-bond donors (Lipinski definition) is 0. The molecule has 0 bridgehead atoms. The minimum atomic E-state index is -0.397. The summed E-state index contributed by atoms with van der Waals surface area (Å²) >= 11 is 0. The minimum absolute atomic E-state index is 0.0179. The van der Waals surface area contributed by atoms with Crippen molar-refractivity contribution in [3.63, 3.8) is 0 Å². The van der Waals surface area contributed by atoms with Crippen molar-refractivity contribution in [2.45, 2.75) is 26.3 Å². The Hall–Kier alpha value is -3.09. The molecule has 0 N–H and O–H groups in total. The number of carbonyl (C=O) groups is 1. The molecule has 0 spiro atoms. The zero-order chi connectivity index (χ0) is 21.0. The molecule has 1 fully saturated rings. The molecule has 0 unspecified atom stereocenters. The van der Waals surface area contributed by atoms with Crippen LogP contribution in [-0.2, 0) is 6.54 Å². The topological polar surface area (TPSA) is 75.9 Å². The fourth-order valence-electron chi connectivity index (χ4n) is 3.86. The van der Waals surface area contributed by atoms with Crippen LogP contribution in [-0.4, -0.2) is 43.0 Å². The van der Waals surface area contributed by atoms with Gasteiger partial charge in [-0.1, -0.05) is 25.1 Å². The molecule has 29 heavy (non-hydrogen) atoms. The molecule has 2 aromatic rings. The van der Waals surface area contributed by atoms with Crippen molar-refractivity contribution in [3.05, 3.63) is 63.7 Å². The van der Waals surface area contributed by atoms with Crippen LogP contribution in [0.15, 0.2) is 42.5 Å². The number of rotatable bonds is 6. The molecule has 7 heteroatoms. The number of hydrogen-bond acceptors (Lipinski definition) is 5. The molecule has 1 heterocycles. The molecule has 1 atom stereocenters. The van der Waals surface area contributed by atoms with Crippen LogP contribution < -0.4 is 9.64 Å². The first-order valence-electron chi connectivity index (χ1n) is 9.81. The molecule has 1 aliphatic rings. The Morgan fingerprint density at radius 2 is 2.07 bits per heavy atom. The number of ether oxygens (including phenoxy) is 1. The molecule has 1 aliphatic heterocycles. The number of piperidine rings is 1. The molecule has 3 rings (SSSR count). The zero-order valence-corrected chi connectivity index (χ0v) is 17.1. The Morgan fingerprint density at radius 3 is 2.76 bits per heavy atom. The lowest BCUT2D eigenvalue weighted by Crippen LogP contribution is -2.34. The Labute approximate surface area is 171 Å². The van der Waals surface area contributed by atoms with Crippen LogP contribution in [0, 0.1) is 16.0 Å². The van der Waals surface area contributed by atoms with Crippen LogP contribution >= 0.6 is 0 Å². The van der Waals surface area contributed by atoms with Crippen molar-refractivity contribution in [1.82, 2.24) is 4.90 Å². The third-order valence-electron chi connectivity index (χ3n) is 5.36. The summed E-state index contributed by atoms with van der Waals surface area (Å²) in [5.41, 5.74) is 1.75. The maximum Gasteiger partial charge on any atom is 0.293 e. The molecule has 154 valence electrons. The van der Waals surface area contributed by atoms with Crippen LogP contribution in [0.2, 0.25) is 0 Å². The average molecular weight is 397 g/mol. The summed E-state index contributed by atoms with van der Waals surface area (Å²) in [7, 11) is 3.27. The van der Waals surface area contributed by atoms with Crippen LogP contribution in [0.5, 0.6) is 5.75 Å². The Kier molecular flexibility index (Phi) is 6.36. The van der Waals surface area contributed by atoms with Gasteiger partial charge < -0.3 is 14.5 Å². The summed E-state index contributed by atoms with van der Waals surface area (Å²) in [6.45, 7) is 4.10. The van der Waals surface area contributed by atoms with E-state index in [1.807, 2.05) is 24.3 Å². The van der Waals surface area contributed by atoms with Gasteiger partial charge in [0.05, 0.1) is 12.0 Å². The third-order valence-corrected chi connectivity index (χ3v) is 5.36. The summed E-state index contributed by atoms with van der Waals surface area (Å²) in [4.78, 5) is 27.8. The van der Waals surface area contributed by atoms with Crippen molar-refractivity contribution in [1.29, 1.82) is 0 Å². The second-order valence-corrected chi connectivity index (χ2v) is 7.63. The predicted molar refractivity (Wildman–Crippen MR) is 112 cm³/mol. The first-order chi connectivity index (χ1) is 13.9. The molecule has 7 nitrogen and oxygen atoms in total. The van der Waals surface area contributed by atoms with Gasteiger partial charge in [-0.05, 0) is 37.0 Å². The third kappa shape index (κ3) is 4.67. The van der Waals surface area contributed by atoms with Crippen molar-refractivity contribution in [2.24, 2.45) is 5.92 Å². The maximum absolute atomic E-state index is 12.9. The molecule has 1 saturated heterocycles. The van der Waals surface area contributed by atoms with Gasteiger partial charge in [-0.2, -0.15) is 0 Å².